The lowest BCUT2D eigenvalue weighted by atomic mass is 9.95. The number of hydrogen-bond donors (Lipinski definition) is 2. The van der Waals surface area contributed by atoms with Crippen LogP contribution in [0.4, 0.5) is 11.4 Å². The summed E-state index contributed by atoms with van der Waals surface area (Å²) < 4.78 is 0.729. The molecule has 5 nitrogen and oxygen atoms in total. The summed E-state index contributed by atoms with van der Waals surface area (Å²) in [7, 11) is 3.82. The molecule has 148 valence electrons. The Kier molecular flexibility index (Phi) is 6.73. The number of anilines is 2. The molecule has 28 heavy (non-hydrogen) atoms. The Hall–Kier alpha value is -2.34. The Morgan fingerprint density at radius 2 is 1.68 bits per heavy atom. The van der Waals surface area contributed by atoms with Gasteiger partial charge in [-0.1, -0.05) is 31.4 Å². The van der Waals surface area contributed by atoms with Crippen molar-refractivity contribution < 1.29 is 9.59 Å². The quantitative estimate of drug-likeness (QED) is 0.695. The number of carbonyl (C=O) groups excluding carboxylic acids is 2. The maximum absolute atomic E-state index is 12.9. The summed E-state index contributed by atoms with van der Waals surface area (Å²) in [6.45, 7) is 0. The highest BCUT2D eigenvalue weighted by Crippen LogP contribution is 2.25. The molecule has 2 aromatic rings. The van der Waals surface area contributed by atoms with Gasteiger partial charge in [0.05, 0.1) is 11.1 Å². The third-order valence-corrected chi connectivity index (χ3v) is 5.73. The third kappa shape index (κ3) is 4.93. The maximum atomic E-state index is 12.9. The minimum atomic E-state index is -0.219. The van der Waals surface area contributed by atoms with E-state index in [9.17, 15) is 9.59 Å². The predicted molar refractivity (Wildman–Crippen MR) is 117 cm³/mol. The molecule has 0 radical (unpaired) electrons. The summed E-state index contributed by atoms with van der Waals surface area (Å²) in [4.78, 5) is 27.5. The number of hydrogen-bond acceptors (Lipinski definition) is 3. The molecule has 0 aromatic heterocycles. The molecular formula is C22H26BrN3O2. The zero-order chi connectivity index (χ0) is 20.1. The highest BCUT2D eigenvalue weighted by atomic mass is 79.9. The number of nitrogens with one attached hydrogen (secondary N) is 2. The smallest absolute Gasteiger partial charge is 0.256 e. The zero-order valence-electron chi connectivity index (χ0n) is 16.3. The van der Waals surface area contributed by atoms with Crippen molar-refractivity contribution >= 4 is 39.1 Å². The molecule has 2 amide bonds. The molecule has 1 fully saturated rings. The fourth-order valence-electron chi connectivity index (χ4n) is 3.54. The van der Waals surface area contributed by atoms with Crippen LogP contribution < -0.4 is 15.5 Å². The number of benzene rings is 2. The van der Waals surface area contributed by atoms with E-state index in [1.807, 2.05) is 49.3 Å². The van der Waals surface area contributed by atoms with Gasteiger partial charge in [0, 0.05) is 36.0 Å². The van der Waals surface area contributed by atoms with E-state index < -0.39 is 0 Å². The predicted octanol–water partition coefficient (Wildman–Crippen LogP) is 4.83. The van der Waals surface area contributed by atoms with Gasteiger partial charge in [0.25, 0.3) is 11.8 Å². The first-order valence-corrected chi connectivity index (χ1v) is 10.4. The summed E-state index contributed by atoms with van der Waals surface area (Å²) in [6, 6.07) is 12.9. The molecule has 0 heterocycles. The summed E-state index contributed by atoms with van der Waals surface area (Å²) in [6.07, 6.45) is 5.62. The third-order valence-electron chi connectivity index (χ3n) is 5.04. The van der Waals surface area contributed by atoms with Gasteiger partial charge in [0.1, 0.15) is 0 Å². The molecule has 0 spiro atoms. The topological polar surface area (TPSA) is 61.4 Å². The van der Waals surface area contributed by atoms with Gasteiger partial charge in [-0.05, 0) is 59.1 Å². The highest BCUT2D eigenvalue weighted by Gasteiger charge is 2.20. The molecule has 1 aliphatic rings. The summed E-state index contributed by atoms with van der Waals surface area (Å²) >= 11 is 3.40. The van der Waals surface area contributed by atoms with Crippen molar-refractivity contribution in [3.05, 3.63) is 58.1 Å². The first-order chi connectivity index (χ1) is 13.5. The van der Waals surface area contributed by atoms with Crippen LogP contribution in [0.15, 0.2) is 46.9 Å². The van der Waals surface area contributed by atoms with Gasteiger partial charge < -0.3 is 15.5 Å². The summed E-state index contributed by atoms with van der Waals surface area (Å²) in [5, 5.41) is 6.06. The second-order valence-electron chi connectivity index (χ2n) is 7.37. The van der Waals surface area contributed by atoms with Crippen LogP contribution in [0.3, 0.4) is 0 Å². The minimum Gasteiger partial charge on any atom is -0.377 e. The van der Waals surface area contributed by atoms with E-state index in [1.54, 1.807) is 12.1 Å². The SMILES string of the molecule is CN(C)c1ccc(NC(=O)c2ccccc2Br)cc1C(=O)NC1CCCCC1. The number of rotatable bonds is 5. The lowest BCUT2D eigenvalue weighted by Crippen LogP contribution is -2.36. The van der Waals surface area contributed by atoms with Crippen LogP contribution in [0.1, 0.15) is 52.8 Å². The maximum Gasteiger partial charge on any atom is 0.256 e. The van der Waals surface area contributed by atoms with Gasteiger partial charge >= 0.3 is 0 Å². The van der Waals surface area contributed by atoms with Crippen molar-refractivity contribution in [1.82, 2.24) is 5.32 Å². The lowest BCUT2D eigenvalue weighted by Gasteiger charge is -2.24. The van der Waals surface area contributed by atoms with E-state index in [4.69, 9.17) is 0 Å². The van der Waals surface area contributed by atoms with Crippen LogP contribution in [-0.2, 0) is 0 Å². The Balaban J connectivity index is 1.81. The Labute approximate surface area is 174 Å². The van der Waals surface area contributed by atoms with Gasteiger partial charge in [-0.15, -0.1) is 0 Å². The van der Waals surface area contributed by atoms with Crippen LogP contribution in [0.2, 0.25) is 0 Å². The van der Waals surface area contributed by atoms with Crippen molar-refractivity contribution in [2.75, 3.05) is 24.3 Å². The molecule has 0 saturated heterocycles. The van der Waals surface area contributed by atoms with Crippen LogP contribution in [0.5, 0.6) is 0 Å². The van der Waals surface area contributed by atoms with E-state index in [0.29, 0.717) is 16.8 Å². The van der Waals surface area contributed by atoms with Crippen LogP contribution in [0, 0.1) is 0 Å². The molecule has 1 saturated carbocycles. The van der Waals surface area contributed by atoms with Gasteiger partial charge in [-0.2, -0.15) is 0 Å². The van der Waals surface area contributed by atoms with Gasteiger partial charge in [0.2, 0.25) is 0 Å². The van der Waals surface area contributed by atoms with Crippen molar-refractivity contribution in [2.24, 2.45) is 0 Å². The van der Waals surface area contributed by atoms with Gasteiger partial charge in [-0.3, -0.25) is 9.59 Å². The molecule has 2 N–H and O–H groups in total. The molecule has 2 aromatic carbocycles. The average Bonchev–Trinajstić information content (AvgIpc) is 2.68. The van der Waals surface area contributed by atoms with Crippen LogP contribution in [0.25, 0.3) is 0 Å². The first-order valence-electron chi connectivity index (χ1n) is 9.64. The number of amides is 2. The lowest BCUT2D eigenvalue weighted by molar-refractivity contribution is 0.0927. The van der Waals surface area contributed by atoms with Crippen LogP contribution >= 0.6 is 15.9 Å². The van der Waals surface area contributed by atoms with Crippen molar-refractivity contribution in [2.45, 2.75) is 38.1 Å². The van der Waals surface area contributed by atoms with Gasteiger partial charge in [0.15, 0.2) is 0 Å². The molecule has 0 unspecified atom stereocenters. The van der Waals surface area contributed by atoms with Crippen molar-refractivity contribution in [3.63, 3.8) is 0 Å². The van der Waals surface area contributed by atoms with E-state index in [-0.39, 0.29) is 17.9 Å². The van der Waals surface area contributed by atoms with E-state index >= 15 is 0 Å². The largest absolute Gasteiger partial charge is 0.377 e. The summed E-state index contributed by atoms with van der Waals surface area (Å²) in [5.74, 6) is -0.309. The molecule has 0 bridgehead atoms. The molecule has 0 aliphatic heterocycles. The van der Waals surface area contributed by atoms with Crippen molar-refractivity contribution in [1.29, 1.82) is 0 Å². The summed E-state index contributed by atoms with van der Waals surface area (Å²) in [5.41, 5.74) is 2.54. The number of carbonyl (C=O) groups is 2. The fourth-order valence-corrected chi connectivity index (χ4v) is 4.00. The Morgan fingerprint density at radius 1 is 0.964 bits per heavy atom. The molecule has 1 aliphatic carbocycles. The van der Waals surface area contributed by atoms with E-state index in [0.717, 1.165) is 35.8 Å². The number of halogens is 1. The first kappa shape index (κ1) is 20.4. The second kappa shape index (κ2) is 9.24. The standard InChI is InChI=1S/C22H26BrN3O2/c1-26(2)20-13-12-16(25-21(27)17-10-6-7-11-19(17)23)14-18(20)22(28)24-15-8-4-3-5-9-15/h6-7,10-15H,3-5,8-9H2,1-2H3,(H,24,28)(H,25,27). The van der Waals surface area contributed by atoms with Gasteiger partial charge in [-0.25, -0.2) is 0 Å². The normalized spacial score (nSPS) is 14.4. The Morgan fingerprint density at radius 3 is 2.36 bits per heavy atom. The molecule has 6 heteroatoms. The highest BCUT2D eigenvalue weighted by molar-refractivity contribution is 9.10. The van der Waals surface area contributed by atoms with E-state index in [1.165, 1.54) is 6.42 Å². The average molecular weight is 444 g/mol. The second-order valence-corrected chi connectivity index (χ2v) is 8.22. The van der Waals surface area contributed by atoms with Crippen LogP contribution in [-0.4, -0.2) is 32.0 Å². The number of nitrogens with zero attached hydrogens (tertiary/aromatic N) is 1. The molecule has 3 rings (SSSR count). The molecule has 0 atom stereocenters. The van der Waals surface area contributed by atoms with E-state index in [2.05, 4.69) is 26.6 Å². The fraction of sp³-hybridized carbons (Fsp3) is 0.364. The molecular weight excluding hydrogens is 418 g/mol. The zero-order valence-corrected chi connectivity index (χ0v) is 17.9. The minimum absolute atomic E-state index is 0.0902. The monoisotopic (exact) mass is 443 g/mol. The van der Waals surface area contributed by atoms with Crippen molar-refractivity contribution in [3.8, 4) is 0 Å². The Bertz CT molecular complexity index is 861.